The number of nitriles is 1. The van der Waals surface area contributed by atoms with E-state index in [2.05, 4.69) is 127 Å². The molecular formula is C34H40BN3. The quantitative estimate of drug-likeness (QED) is 0.194. The van der Waals surface area contributed by atoms with Crippen LogP contribution < -0.4 is 15.8 Å². The van der Waals surface area contributed by atoms with Crippen molar-refractivity contribution in [2.45, 2.75) is 79.1 Å². The zero-order chi connectivity index (χ0) is 27.6. The number of benzene rings is 3. The summed E-state index contributed by atoms with van der Waals surface area (Å²) in [6.07, 6.45) is 4.45. The predicted molar refractivity (Wildman–Crippen MR) is 160 cm³/mol. The summed E-state index contributed by atoms with van der Waals surface area (Å²) in [7, 11) is 2.25. The topological polar surface area (TPSA) is 32.6 Å². The normalized spacial score (nSPS) is 11.7. The first-order valence-corrected chi connectivity index (χ1v) is 13.9. The standard InChI is InChI=1S/C34H40BN3/c1-22(2)28-11-9-12-29(23(3)4)32(28)37-19-20-38(34(37)35-27-17-15-26(21-36)16-18-27)33-30(24(5)6)13-10-14-31(33)25(7)8/h9-20,22-25H,1-8H3. The van der Waals surface area contributed by atoms with Crippen LogP contribution in [0.5, 0.6) is 0 Å². The third kappa shape index (κ3) is 5.34. The first-order chi connectivity index (χ1) is 18.1. The fourth-order valence-corrected chi connectivity index (χ4v) is 5.30. The molecule has 0 aliphatic rings. The summed E-state index contributed by atoms with van der Waals surface area (Å²) in [6, 6.07) is 23.6. The van der Waals surface area contributed by atoms with Gasteiger partial charge in [0.1, 0.15) is 23.8 Å². The van der Waals surface area contributed by atoms with Crippen LogP contribution in [0.1, 0.15) is 107 Å². The molecule has 0 bridgehead atoms. The monoisotopic (exact) mass is 501 g/mol. The highest BCUT2D eigenvalue weighted by Crippen LogP contribution is 2.31. The van der Waals surface area contributed by atoms with E-state index in [0.717, 1.165) is 11.2 Å². The van der Waals surface area contributed by atoms with E-state index in [9.17, 15) is 5.26 Å². The Balaban J connectivity index is 2.07. The van der Waals surface area contributed by atoms with E-state index in [1.54, 1.807) is 0 Å². The van der Waals surface area contributed by atoms with Crippen molar-refractivity contribution in [3.05, 3.63) is 101 Å². The summed E-state index contributed by atoms with van der Waals surface area (Å²) in [5.74, 6) is 1.54. The first kappa shape index (κ1) is 27.5. The lowest BCUT2D eigenvalue weighted by Crippen LogP contribution is -2.55. The van der Waals surface area contributed by atoms with Crippen molar-refractivity contribution < 1.29 is 4.57 Å². The highest BCUT2D eigenvalue weighted by molar-refractivity contribution is 6.65. The van der Waals surface area contributed by atoms with Gasteiger partial charge in [0.05, 0.1) is 11.6 Å². The maximum Gasteiger partial charge on any atom is 0.135 e. The van der Waals surface area contributed by atoms with Gasteiger partial charge in [-0.15, -0.1) is 19.4 Å². The zero-order valence-corrected chi connectivity index (χ0v) is 24.2. The van der Waals surface area contributed by atoms with E-state index in [-0.39, 0.29) is 0 Å². The summed E-state index contributed by atoms with van der Waals surface area (Å²) in [5.41, 5.74) is 10.7. The summed E-state index contributed by atoms with van der Waals surface area (Å²) in [4.78, 5) is 0. The molecule has 0 fully saturated rings. The maximum atomic E-state index is 9.33. The second kappa shape index (κ2) is 11.4. The third-order valence-electron chi connectivity index (χ3n) is 7.36. The number of nitrogens with zero attached hydrogens (tertiary/aromatic N) is 3. The van der Waals surface area contributed by atoms with Crippen molar-refractivity contribution in [1.29, 1.82) is 5.26 Å². The van der Waals surface area contributed by atoms with Crippen LogP contribution in [0.4, 0.5) is 0 Å². The molecule has 0 saturated heterocycles. The van der Waals surface area contributed by atoms with E-state index < -0.39 is 0 Å². The Labute approximate surface area is 230 Å². The van der Waals surface area contributed by atoms with Gasteiger partial charge in [0.25, 0.3) is 0 Å². The second-order valence-electron chi connectivity index (χ2n) is 11.5. The Morgan fingerprint density at radius 1 is 0.684 bits per heavy atom. The van der Waals surface area contributed by atoms with Crippen molar-refractivity contribution in [2.75, 3.05) is 0 Å². The van der Waals surface area contributed by atoms with Gasteiger partial charge in [-0.3, -0.25) is 5.46 Å². The molecule has 0 unspecified atom stereocenters. The van der Waals surface area contributed by atoms with Crippen molar-refractivity contribution in [3.63, 3.8) is 0 Å². The molecule has 0 atom stereocenters. The molecule has 4 heteroatoms. The number of hydrogen-bond acceptors (Lipinski definition) is 1. The van der Waals surface area contributed by atoms with Gasteiger partial charge >= 0.3 is 0 Å². The second-order valence-corrected chi connectivity index (χ2v) is 11.5. The lowest BCUT2D eigenvalue weighted by atomic mass is 9.68. The molecule has 0 N–H and O–H groups in total. The lowest BCUT2D eigenvalue weighted by Gasteiger charge is -2.24. The molecule has 3 nitrogen and oxygen atoms in total. The molecule has 1 aromatic heterocycles. The van der Waals surface area contributed by atoms with Crippen LogP contribution in [0.3, 0.4) is 0 Å². The molecule has 3 aromatic carbocycles. The van der Waals surface area contributed by atoms with Crippen molar-refractivity contribution >= 4 is 18.5 Å². The van der Waals surface area contributed by atoms with Crippen LogP contribution in [-0.4, -0.2) is 11.8 Å². The van der Waals surface area contributed by atoms with Gasteiger partial charge in [-0.1, -0.05) is 91.8 Å². The zero-order valence-electron chi connectivity index (χ0n) is 24.2. The van der Waals surface area contributed by atoms with Gasteiger partial charge in [0.15, 0.2) is 0 Å². The number of hydrogen-bond donors (Lipinski definition) is 0. The Hall–Kier alpha value is -3.58. The molecule has 0 saturated carbocycles. The minimum absolute atomic E-state index is 0.386. The Morgan fingerprint density at radius 2 is 1.16 bits per heavy atom. The average molecular weight is 502 g/mol. The van der Waals surface area contributed by atoms with Gasteiger partial charge in [-0.25, -0.2) is 9.13 Å². The Bertz CT molecular complexity index is 1320. The largest absolute Gasteiger partial charge is 0.267 e. The molecule has 4 rings (SSSR count). The molecule has 0 aliphatic heterocycles. The highest BCUT2D eigenvalue weighted by atomic mass is 15.1. The first-order valence-electron chi connectivity index (χ1n) is 13.9. The number of para-hydroxylation sites is 2. The molecular weight excluding hydrogens is 461 g/mol. The van der Waals surface area contributed by atoms with E-state index in [1.807, 2.05) is 24.3 Å². The van der Waals surface area contributed by atoms with Crippen molar-refractivity contribution in [1.82, 2.24) is 4.57 Å². The lowest BCUT2D eigenvalue weighted by molar-refractivity contribution is -0.576. The summed E-state index contributed by atoms with van der Waals surface area (Å²) < 4.78 is 4.76. The summed E-state index contributed by atoms with van der Waals surface area (Å²) in [6.45, 7) is 18.2. The van der Waals surface area contributed by atoms with Gasteiger partial charge in [0.2, 0.25) is 0 Å². The molecule has 2 radical (unpaired) electrons. The Kier molecular flexibility index (Phi) is 8.27. The van der Waals surface area contributed by atoms with E-state index in [0.29, 0.717) is 29.2 Å². The summed E-state index contributed by atoms with van der Waals surface area (Å²) >= 11 is 0. The van der Waals surface area contributed by atoms with Gasteiger partial charge in [0, 0.05) is 28.0 Å². The van der Waals surface area contributed by atoms with E-state index in [4.69, 9.17) is 0 Å². The predicted octanol–water partition coefficient (Wildman–Crippen LogP) is 6.77. The van der Waals surface area contributed by atoms with Crippen LogP contribution >= 0.6 is 0 Å². The maximum absolute atomic E-state index is 9.33. The van der Waals surface area contributed by atoms with Crippen molar-refractivity contribution in [2.24, 2.45) is 0 Å². The molecule has 4 aromatic rings. The van der Waals surface area contributed by atoms with Crippen LogP contribution in [0.15, 0.2) is 73.1 Å². The fraction of sp³-hybridized carbons (Fsp3) is 0.353. The van der Waals surface area contributed by atoms with Crippen molar-refractivity contribution in [3.8, 4) is 17.4 Å². The van der Waals surface area contributed by atoms with Crippen LogP contribution in [-0.2, 0) is 0 Å². The van der Waals surface area contributed by atoms with Crippen LogP contribution in [0.2, 0.25) is 0 Å². The Morgan fingerprint density at radius 3 is 1.61 bits per heavy atom. The highest BCUT2D eigenvalue weighted by Gasteiger charge is 2.25. The molecule has 38 heavy (non-hydrogen) atoms. The summed E-state index contributed by atoms with van der Waals surface area (Å²) in [5, 5.41) is 9.33. The molecule has 194 valence electrons. The SMILES string of the molecule is CC(C)c1cccc(C(C)C)c1-n1cc[n+](-c2c(C(C)C)cccc2C(C)C)c1[B-]c1ccc(C#N)cc1. The minimum Gasteiger partial charge on any atom is -0.267 e. The number of aromatic nitrogens is 2. The van der Waals surface area contributed by atoms with Gasteiger partial charge in [-0.2, -0.15) is 5.26 Å². The van der Waals surface area contributed by atoms with Gasteiger partial charge < -0.3 is 0 Å². The smallest absolute Gasteiger partial charge is 0.135 e. The average Bonchev–Trinajstić information content (AvgIpc) is 3.30. The van der Waals surface area contributed by atoms with Crippen LogP contribution in [0, 0.1) is 11.3 Å². The van der Waals surface area contributed by atoms with Crippen LogP contribution in [0.25, 0.3) is 11.4 Å². The van der Waals surface area contributed by atoms with E-state index >= 15 is 0 Å². The molecule has 0 spiro atoms. The number of imidazole rings is 1. The van der Waals surface area contributed by atoms with Gasteiger partial charge in [-0.05, 0) is 35.8 Å². The molecule has 0 amide bonds. The van der Waals surface area contributed by atoms with E-state index in [1.165, 1.54) is 33.6 Å². The minimum atomic E-state index is 0.386. The number of rotatable bonds is 8. The third-order valence-corrected chi connectivity index (χ3v) is 7.36. The molecule has 1 heterocycles. The fourth-order valence-electron chi connectivity index (χ4n) is 5.30. The molecule has 0 aliphatic carbocycles.